The van der Waals surface area contributed by atoms with Crippen LogP contribution < -0.4 is 20.1 Å². The van der Waals surface area contributed by atoms with E-state index in [1.54, 1.807) is 12.1 Å². The molecule has 0 aromatic heterocycles. The van der Waals surface area contributed by atoms with Crippen molar-refractivity contribution < 1.29 is 19.1 Å². The van der Waals surface area contributed by atoms with Crippen LogP contribution in [0.4, 0.5) is 5.69 Å². The Labute approximate surface area is 167 Å². The summed E-state index contributed by atoms with van der Waals surface area (Å²) in [6.07, 6.45) is 0. The van der Waals surface area contributed by atoms with Crippen LogP contribution in [0.5, 0.6) is 11.5 Å². The lowest BCUT2D eigenvalue weighted by Crippen LogP contribution is -2.33. The number of rotatable bonds is 7. The third-order valence-electron chi connectivity index (χ3n) is 3.94. The Morgan fingerprint density at radius 3 is 2.41 bits per heavy atom. The molecule has 2 aromatic carbocycles. The van der Waals surface area contributed by atoms with Gasteiger partial charge in [0.1, 0.15) is 0 Å². The van der Waals surface area contributed by atoms with E-state index in [2.05, 4.69) is 26.6 Å². The summed E-state index contributed by atoms with van der Waals surface area (Å²) in [5.41, 5.74) is 3.06. The second-order valence-corrected chi connectivity index (χ2v) is 6.77. The molecule has 0 aliphatic carbocycles. The number of benzene rings is 2. The van der Waals surface area contributed by atoms with E-state index in [0.717, 1.165) is 16.8 Å². The van der Waals surface area contributed by atoms with Gasteiger partial charge in [-0.1, -0.05) is 18.2 Å². The van der Waals surface area contributed by atoms with Crippen molar-refractivity contribution in [1.82, 2.24) is 5.32 Å². The zero-order valence-electron chi connectivity index (χ0n) is 15.8. The molecular formula is C20H23BrN2O4. The minimum absolute atomic E-state index is 0.139. The number of amides is 2. The van der Waals surface area contributed by atoms with Crippen molar-refractivity contribution in [3.05, 3.63) is 51.5 Å². The number of carbonyl (C=O) groups is 2. The standard InChI is InChI=1S/C20H23BrN2O4/c1-5-27-19-15(21)9-14(10-16(19)26-4)20(25)22-11-17(24)23-18-12(2)7-6-8-13(18)3/h6-10H,5,11H2,1-4H3,(H,22,25)(H,23,24). The smallest absolute Gasteiger partial charge is 0.251 e. The molecule has 0 unspecified atom stereocenters. The predicted molar refractivity (Wildman–Crippen MR) is 109 cm³/mol. The van der Waals surface area contributed by atoms with Crippen molar-refractivity contribution in [1.29, 1.82) is 0 Å². The van der Waals surface area contributed by atoms with Crippen LogP contribution in [0.3, 0.4) is 0 Å². The van der Waals surface area contributed by atoms with Crippen molar-refractivity contribution >= 4 is 33.4 Å². The van der Waals surface area contributed by atoms with E-state index in [1.807, 2.05) is 39.0 Å². The van der Waals surface area contributed by atoms with E-state index < -0.39 is 0 Å². The number of methoxy groups -OCH3 is 1. The third-order valence-corrected chi connectivity index (χ3v) is 4.52. The van der Waals surface area contributed by atoms with Crippen molar-refractivity contribution in [3.63, 3.8) is 0 Å². The van der Waals surface area contributed by atoms with Crippen molar-refractivity contribution in [2.24, 2.45) is 0 Å². The molecule has 0 spiro atoms. The molecule has 0 atom stereocenters. The molecule has 0 heterocycles. The Balaban J connectivity index is 2.05. The van der Waals surface area contributed by atoms with Crippen molar-refractivity contribution in [2.45, 2.75) is 20.8 Å². The number of carbonyl (C=O) groups excluding carboxylic acids is 2. The third kappa shape index (κ3) is 5.23. The zero-order chi connectivity index (χ0) is 20.0. The van der Waals surface area contributed by atoms with E-state index >= 15 is 0 Å². The zero-order valence-corrected chi connectivity index (χ0v) is 17.4. The summed E-state index contributed by atoms with van der Waals surface area (Å²) < 4.78 is 11.4. The van der Waals surface area contributed by atoms with Gasteiger partial charge in [-0.25, -0.2) is 0 Å². The van der Waals surface area contributed by atoms with Crippen LogP contribution in [0.1, 0.15) is 28.4 Å². The molecule has 0 saturated carbocycles. The molecule has 2 aromatic rings. The summed E-state index contributed by atoms with van der Waals surface area (Å²) in [6.45, 7) is 6.04. The first kappa shape index (κ1) is 20.8. The molecule has 2 N–H and O–H groups in total. The monoisotopic (exact) mass is 434 g/mol. The highest BCUT2D eigenvalue weighted by atomic mass is 79.9. The molecular weight excluding hydrogens is 412 g/mol. The summed E-state index contributed by atoms with van der Waals surface area (Å²) in [5, 5.41) is 5.46. The lowest BCUT2D eigenvalue weighted by molar-refractivity contribution is -0.115. The van der Waals surface area contributed by atoms with Crippen molar-refractivity contribution in [2.75, 3.05) is 25.6 Å². The maximum absolute atomic E-state index is 12.4. The van der Waals surface area contributed by atoms with Crippen LogP contribution >= 0.6 is 15.9 Å². The summed E-state index contributed by atoms with van der Waals surface area (Å²) in [5.74, 6) is 0.298. The topological polar surface area (TPSA) is 76.7 Å². The number of hydrogen-bond donors (Lipinski definition) is 2. The first-order chi connectivity index (χ1) is 12.9. The molecule has 0 radical (unpaired) electrons. The molecule has 27 heavy (non-hydrogen) atoms. The van der Waals surface area contributed by atoms with Gasteiger partial charge in [0.15, 0.2) is 11.5 Å². The lowest BCUT2D eigenvalue weighted by atomic mass is 10.1. The quantitative estimate of drug-likeness (QED) is 0.693. The average molecular weight is 435 g/mol. The van der Waals surface area contributed by atoms with Gasteiger partial charge in [-0.15, -0.1) is 0 Å². The SMILES string of the molecule is CCOc1c(Br)cc(C(=O)NCC(=O)Nc2c(C)cccc2C)cc1OC. The van der Waals surface area contributed by atoms with E-state index in [1.165, 1.54) is 7.11 Å². The Kier molecular flexibility index (Phi) is 7.24. The molecule has 0 aliphatic heterocycles. The molecule has 2 amide bonds. The summed E-state index contributed by atoms with van der Waals surface area (Å²) in [6, 6.07) is 8.98. The maximum atomic E-state index is 12.4. The number of ether oxygens (including phenoxy) is 2. The summed E-state index contributed by atoms with van der Waals surface area (Å²) >= 11 is 3.38. The fourth-order valence-corrected chi connectivity index (χ4v) is 3.15. The maximum Gasteiger partial charge on any atom is 0.251 e. The Hall–Kier alpha value is -2.54. The van der Waals surface area contributed by atoms with Gasteiger partial charge in [-0.3, -0.25) is 9.59 Å². The van der Waals surface area contributed by atoms with Gasteiger partial charge in [0.2, 0.25) is 5.91 Å². The molecule has 6 nitrogen and oxygen atoms in total. The van der Waals surface area contributed by atoms with Gasteiger partial charge >= 0.3 is 0 Å². The van der Waals surface area contributed by atoms with Crippen LogP contribution in [0, 0.1) is 13.8 Å². The van der Waals surface area contributed by atoms with Gasteiger partial charge < -0.3 is 20.1 Å². The highest BCUT2D eigenvalue weighted by molar-refractivity contribution is 9.10. The second-order valence-electron chi connectivity index (χ2n) is 5.92. The first-order valence-electron chi connectivity index (χ1n) is 8.52. The largest absolute Gasteiger partial charge is 0.493 e. The van der Waals surface area contributed by atoms with Gasteiger partial charge in [-0.05, 0) is 60.0 Å². The minimum atomic E-state index is -0.381. The number of aryl methyl sites for hydroxylation is 2. The molecule has 7 heteroatoms. The molecule has 0 aliphatic rings. The van der Waals surface area contributed by atoms with E-state index in [-0.39, 0.29) is 18.4 Å². The Morgan fingerprint density at radius 1 is 1.15 bits per heavy atom. The second kappa shape index (κ2) is 9.41. The summed E-state index contributed by atoms with van der Waals surface area (Å²) in [4.78, 5) is 24.6. The number of anilines is 1. The highest BCUT2D eigenvalue weighted by Gasteiger charge is 2.16. The Bertz CT molecular complexity index is 832. The average Bonchev–Trinajstić information content (AvgIpc) is 2.64. The molecule has 144 valence electrons. The molecule has 0 saturated heterocycles. The van der Waals surface area contributed by atoms with Gasteiger partial charge in [0.05, 0.1) is 24.7 Å². The fraction of sp³-hybridized carbons (Fsp3) is 0.300. The molecule has 0 fully saturated rings. The van der Waals surface area contributed by atoms with E-state index in [0.29, 0.717) is 28.1 Å². The van der Waals surface area contributed by atoms with Crippen LogP contribution in [-0.2, 0) is 4.79 Å². The van der Waals surface area contributed by atoms with Crippen LogP contribution in [0.2, 0.25) is 0 Å². The normalized spacial score (nSPS) is 10.3. The minimum Gasteiger partial charge on any atom is -0.493 e. The van der Waals surface area contributed by atoms with Gasteiger partial charge in [0.25, 0.3) is 5.91 Å². The van der Waals surface area contributed by atoms with Crippen LogP contribution in [0.15, 0.2) is 34.8 Å². The molecule has 0 bridgehead atoms. The van der Waals surface area contributed by atoms with Gasteiger partial charge in [0, 0.05) is 11.3 Å². The first-order valence-corrected chi connectivity index (χ1v) is 9.31. The number of nitrogens with one attached hydrogen (secondary N) is 2. The Morgan fingerprint density at radius 2 is 1.81 bits per heavy atom. The van der Waals surface area contributed by atoms with Crippen molar-refractivity contribution in [3.8, 4) is 11.5 Å². The lowest BCUT2D eigenvalue weighted by Gasteiger charge is -2.14. The summed E-state index contributed by atoms with van der Waals surface area (Å²) in [7, 11) is 1.50. The number of hydrogen-bond acceptors (Lipinski definition) is 4. The molecule has 2 rings (SSSR count). The van der Waals surface area contributed by atoms with Gasteiger partial charge in [-0.2, -0.15) is 0 Å². The predicted octanol–water partition coefficient (Wildman–Crippen LogP) is 3.84. The number of halogens is 1. The fourth-order valence-electron chi connectivity index (χ4n) is 2.59. The van der Waals surface area contributed by atoms with Crippen LogP contribution in [0.25, 0.3) is 0 Å². The number of para-hydroxylation sites is 1. The van der Waals surface area contributed by atoms with E-state index in [4.69, 9.17) is 9.47 Å². The van der Waals surface area contributed by atoms with Crippen LogP contribution in [-0.4, -0.2) is 32.1 Å². The van der Waals surface area contributed by atoms with E-state index in [9.17, 15) is 9.59 Å². The highest BCUT2D eigenvalue weighted by Crippen LogP contribution is 2.36.